The minimum Gasteiger partial charge on any atom is -0.480 e. The molecule has 1 aliphatic rings. The van der Waals surface area contributed by atoms with Gasteiger partial charge in [0.15, 0.2) is 5.82 Å². The zero-order valence-electron chi connectivity index (χ0n) is 14.3. The Kier molecular flexibility index (Phi) is 4.64. The van der Waals surface area contributed by atoms with Crippen molar-refractivity contribution in [3.05, 3.63) is 47.0 Å². The van der Waals surface area contributed by atoms with Gasteiger partial charge in [0.2, 0.25) is 5.88 Å². The molecule has 1 aliphatic heterocycles. The number of hydrogen-bond donors (Lipinski definition) is 0. The van der Waals surface area contributed by atoms with Gasteiger partial charge in [-0.3, -0.25) is 4.79 Å². The minimum atomic E-state index is 0.0959. The second-order valence-electron chi connectivity index (χ2n) is 6.01. The number of carbonyl (C=O) groups excluding carboxylic acids is 1. The number of hydrogen-bond acceptors (Lipinski definition) is 5. The SMILES string of the molecule is COc1ccc(N2CCN(C(=O)c3ccc(C)c(C)c3)CC2)nn1. The fourth-order valence-corrected chi connectivity index (χ4v) is 2.79. The molecule has 2 heterocycles. The van der Waals surface area contributed by atoms with Gasteiger partial charge in [0, 0.05) is 37.8 Å². The molecule has 0 radical (unpaired) electrons. The second kappa shape index (κ2) is 6.86. The van der Waals surface area contributed by atoms with Crippen molar-refractivity contribution in [2.75, 3.05) is 38.2 Å². The summed E-state index contributed by atoms with van der Waals surface area (Å²) in [6.45, 7) is 6.94. The number of piperazine rings is 1. The van der Waals surface area contributed by atoms with E-state index in [0.717, 1.165) is 30.0 Å². The number of amides is 1. The number of ether oxygens (including phenoxy) is 1. The largest absolute Gasteiger partial charge is 0.480 e. The lowest BCUT2D eigenvalue weighted by atomic mass is 10.1. The van der Waals surface area contributed by atoms with Crippen LogP contribution in [0.1, 0.15) is 21.5 Å². The zero-order valence-corrected chi connectivity index (χ0v) is 14.3. The third-order valence-electron chi connectivity index (χ3n) is 4.48. The maximum Gasteiger partial charge on any atom is 0.253 e. The summed E-state index contributed by atoms with van der Waals surface area (Å²) >= 11 is 0. The molecule has 1 saturated heterocycles. The highest BCUT2D eigenvalue weighted by molar-refractivity contribution is 5.94. The van der Waals surface area contributed by atoms with Crippen molar-refractivity contribution in [2.45, 2.75) is 13.8 Å². The van der Waals surface area contributed by atoms with Crippen LogP contribution in [-0.4, -0.2) is 54.3 Å². The van der Waals surface area contributed by atoms with Gasteiger partial charge in [0.05, 0.1) is 7.11 Å². The molecule has 1 aromatic carbocycles. The van der Waals surface area contributed by atoms with Crippen molar-refractivity contribution >= 4 is 11.7 Å². The normalized spacial score (nSPS) is 14.6. The van der Waals surface area contributed by atoms with Crippen molar-refractivity contribution in [1.82, 2.24) is 15.1 Å². The van der Waals surface area contributed by atoms with Gasteiger partial charge in [-0.25, -0.2) is 0 Å². The summed E-state index contributed by atoms with van der Waals surface area (Å²) in [5.41, 5.74) is 3.11. The minimum absolute atomic E-state index is 0.0959. The lowest BCUT2D eigenvalue weighted by Crippen LogP contribution is -2.49. The van der Waals surface area contributed by atoms with E-state index in [2.05, 4.69) is 22.0 Å². The van der Waals surface area contributed by atoms with E-state index in [1.54, 1.807) is 13.2 Å². The highest BCUT2D eigenvalue weighted by Gasteiger charge is 2.23. The predicted molar refractivity (Wildman–Crippen MR) is 92.6 cm³/mol. The lowest BCUT2D eigenvalue weighted by Gasteiger charge is -2.35. The number of nitrogens with zero attached hydrogens (tertiary/aromatic N) is 4. The lowest BCUT2D eigenvalue weighted by molar-refractivity contribution is 0.0746. The fourth-order valence-electron chi connectivity index (χ4n) is 2.79. The molecule has 24 heavy (non-hydrogen) atoms. The van der Waals surface area contributed by atoms with E-state index in [4.69, 9.17) is 4.74 Å². The first-order valence-corrected chi connectivity index (χ1v) is 8.07. The Labute approximate surface area is 142 Å². The predicted octanol–water partition coefficient (Wildman–Crippen LogP) is 2.06. The molecular weight excluding hydrogens is 304 g/mol. The highest BCUT2D eigenvalue weighted by Crippen LogP contribution is 2.17. The molecule has 6 heteroatoms. The van der Waals surface area contributed by atoms with Crippen LogP contribution in [0.4, 0.5) is 5.82 Å². The maximum atomic E-state index is 12.7. The van der Waals surface area contributed by atoms with Crippen LogP contribution in [0.2, 0.25) is 0 Å². The Hall–Kier alpha value is -2.63. The summed E-state index contributed by atoms with van der Waals surface area (Å²) in [6.07, 6.45) is 0. The van der Waals surface area contributed by atoms with Crippen LogP contribution in [0.25, 0.3) is 0 Å². The molecule has 2 aromatic rings. The van der Waals surface area contributed by atoms with E-state index < -0.39 is 0 Å². The van der Waals surface area contributed by atoms with E-state index in [0.29, 0.717) is 19.0 Å². The summed E-state index contributed by atoms with van der Waals surface area (Å²) < 4.78 is 5.03. The molecule has 1 amide bonds. The highest BCUT2D eigenvalue weighted by atomic mass is 16.5. The number of carbonyl (C=O) groups is 1. The number of aryl methyl sites for hydroxylation is 2. The Morgan fingerprint density at radius 3 is 2.33 bits per heavy atom. The molecule has 3 rings (SSSR count). The van der Waals surface area contributed by atoms with E-state index in [1.807, 2.05) is 36.1 Å². The average Bonchev–Trinajstić information content (AvgIpc) is 2.63. The van der Waals surface area contributed by atoms with Crippen LogP contribution in [0.15, 0.2) is 30.3 Å². The van der Waals surface area contributed by atoms with Crippen LogP contribution in [-0.2, 0) is 0 Å². The first kappa shape index (κ1) is 16.2. The van der Waals surface area contributed by atoms with E-state index >= 15 is 0 Å². The number of benzene rings is 1. The van der Waals surface area contributed by atoms with Crippen molar-refractivity contribution in [3.63, 3.8) is 0 Å². The van der Waals surface area contributed by atoms with Gasteiger partial charge in [-0.15, -0.1) is 10.2 Å². The van der Waals surface area contributed by atoms with Gasteiger partial charge >= 0.3 is 0 Å². The van der Waals surface area contributed by atoms with Crippen LogP contribution in [0.5, 0.6) is 5.88 Å². The van der Waals surface area contributed by atoms with E-state index in [-0.39, 0.29) is 5.91 Å². The van der Waals surface area contributed by atoms with Gasteiger partial charge in [0.1, 0.15) is 0 Å². The van der Waals surface area contributed by atoms with Crippen LogP contribution in [0.3, 0.4) is 0 Å². The molecule has 0 bridgehead atoms. The summed E-state index contributed by atoms with van der Waals surface area (Å²) in [5, 5.41) is 8.17. The third-order valence-corrected chi connectivity index (χ3v) is 4.48. The van der Waals surface area contributed by atoms with Crippen LogP contribution >= 0.6 is 0 Å². The van der Waals surface area contributed by atoms with Crippen molar-refractivity contribution < 1.29 is 9.53 Å². The average molecular weight is 326 g/mol. The van der Waals surface area contributed by atoms with Gasteiger partial charge in [0.25, 0.3) is 5.91 Å². The fraction of sp³-hybridized carbons (Fsp3) is 0.389. The molecule has 0 saturated carbocycles. The molecule has 0 aliphatic carbocycles. The van der Waals surface area contributed by atoms with Gasteiger partial charge < -0.3 is 14.5 Å². The molecule has 0 N–H and O–H groups in total. The summed E-state index contributed by atoms with van der Waals surface area (Å²) in [6, 6.07) is 9.58. The Morgan fingerprint density at radius 1 is 1.00 bits per heavy atom. The van der Waals surface area contributed by atoms with Gasteiger partial charge in [-0.05, 0) is 43.2 Å². The summed E-state index contributed by atoms with van der Waals surface area (Å²) in [7, 11) is 1.57. The monoisotopic (exact) mass is 326 g/mol. The number of rotatable bonds is 3. The van der Waals surface area contributed by atoms with Crippen molar-refractivity contribution in [1.29, 1.82) is 0 Å². The Morgan fingerprint density at radius 2 is 1.75 bits per heavy atom. The van der Waals surface area contributed by atoms with Crippen molar-refractivity contribution in [2.24, 2.45) is 0 Å². The zero-order chi connectivity index (χ0) is 17.1. The number of methoxy groups -OCH3 is 1. The second-order valence-corrected chi connectivity index (χ2v) is 6.01. The van der Waals surface area contributed by atoms with Gasteiger partial charge in [-0.2, -0.15) is 0 Å². The molecular formula is C18H22N4O2. The quantitative estimate of drug-likeness (QED) is 0.864. The standard InChI is InChI=1S/C18H22N4O2/c1-13-4-5-15(12-14(13)2)18(23)22-10-8-21(9-11-22)16-6-7-17(24-3)20-19-16/h4-7,12H,8-11H2,1-3H3. The third kappa shape index (κ3) is 3.32. The molecule has 0 spiro atoms. The Bertz CT molecular complexity index is 722. The van der Waals surface area contributed by atoms with Crippen molar-refractivity contribution in [3.8, 4) is 5.88 Å². The molecule has 0 atom stereocenters. The van der Waals surface area contributed by atoms with Gasteiger partial charge in [-0.1, -0.05) is 6.07 Å². The van der Waals surface area contributed by atoms with Crippen LogP contribution < -0.4 is 9.64 Å². The molecule has 1 aromatic heterocycles. The van der Waals surface area contributed by atoms with E-state index in [1.165, 1.54) is 5.56 Å². The number of anilines is 1. The summed E-state index contributed by atoms with van der Waals surface area (Å²) in [5.74, 6) is 1.41. The maximum absolute atomic E-state index is 12.7. The molecule has 1 fully saturated rings. The summed E-state index contributed by atoms with van der Waals surface area (Å²) in [4.78, 5) is 16.7. The molecule has 0 unspecified atom stereocenters. The smallest absolute Gasteiger partial charge is 0.253 e. The first-order chi connectivity index (χ1) is 11.6. The van der Waals surface area contributed by atoms with E-state index in [9.17, 15) is 4.79 Å². The molecule has 6 nitrogen and oxygen atoms in total. The topological polar surface area (TPSA) is 58.6 Å². The molecule has 126 valence electrons. The first-order valence-electron chi connectivity index (χ1n) is 8.07. The number of aromatic nitrogens is 2. The van der Waals surface area contributed by atoms with Crippen LogP contribution in [0, 0.1) is 13.8 Å². The Balaban J connectivity index is 1.63.